The molecule has 0 unspecified atom stereocenters. The molecule has 1 fully saturated rings. The second kappa shape index (κ2) is 8.28. The normalized spacial score (nSPS) is 14.3. The van der Waals surface area contributed by atoms with E-state index in [4.69, 9.17) is 0 Å². The molecule has 2 amide bonds. The lowest BCUT2D eigenvalue weighted by Gasteiger charge is -2.35. The third kappa shape index (κ3) is 4.41. The summed E-state index contributed by atoms with van der Waals surface area (Å²) in [6, 6.07) is 7.93. The van der Waals surface area contributed by atoms with Crippen LogP contribution < -0.4 is 4.74 Å². The van der Waals surface area contributed by atoms with Crippen LogP contribution in [0, 0.1) is 11.6 Å². The second-order valence-electron chi connectivity index (χ2n) is 6.11. The van der Waals surface area contributed by atoms with E-state index in [9.17, 15) is 27.2 Å². The Morgan fingerprint density at radius 2 is 1.36 bits per heavy atom. The van der Waals surface area contributed by atoms with Gasteiger partial charge in [0.2, 0.25) is 0 Å². The molecule has 1 aliphatic heterocycles. The molecular weight excluding hydrogens is 380 g/mol. The average molecular weight is 396 g/mol. The van der Waals surface area contributed by atoms with Gasteiger partial charge >= 0.3 is 6.61 Å². The summed E-state index contributed by atoms with van der Waals surface area (Å²) < 4.78 is 55.6. The largest absolute Gasteiger partial charge is 0.434 e. The number of alkyl halides is 2. The molecule has 0 bridgehead atoms. The van der Waals surface area contributed by atoms with Crippen molar-refractivity contribution in [1.82, 2.24) is 9.80 Å². The fourth-order valence-electron chi connectivity index (χ4n) is 2.92. The van der Waals surface area contributed by atoms with Gasteiger partial charge in [-0.15, -0.1) is 0 Å². The average Bonchev–Trinajstić information content (AvgIpc) is 2.67. The van der Waals surface area contributed by atoms with E-state index in [1.807, 2.05) is 0 Å². The van der Waals surface area contributed by atoms with Crippen molar-refractivity contribution in [2.24, 2.45) is 0 Å². The minimum atomic E-state index is -3.20. The Bertz CT molecular complexity index is 866. The first-order chi connectivity index (χ1) is 13.3. The maximum absolute atomic E-state index is 13.3. The first kappa shape index (κ1) is 19.7. The topological polar surface area (TPSA) is 49.9 Å². The Hall–Kier alpha value is -3.10. The SMILES string of the molecule is O=C(c1ccc(F)cc1)N1CCN(C(=O)c2ccc(F)cc2OC(F)F)CC1. The molecule has 2 aromatic carbocycles. The highest BCUT2D eigenvalue weighted by molar-refractivity contribution is 5.97. The molecule has 28 heavy (non-hydrogen) atoms. The number of carbonyl (C=O) groups is 2. The van der Waals surface area contributed by atoms with E-state index < -0.39 is 29.9 Å². The van der Waals surface area contributed by atoms with Crippen LogP contribution in [-0.4, -0.2) is 54.4 Å². The molecule has 148 valence electrons. The zero-order valence-corrected chi connectivity index (χ0v) is 14.6. The predicted molar refractivity (Wildman–Crippen MR) is 91.2 cm³/mol. The third-order valence-electron chi connectivity index (χ3n) is 4.34. The Balaban J connectivity index is 1.67. The van der Waals surface area contributed by atoms with Crippen LogP contribution in [0.4, 0.5) is 17.6 Å². The highest BCUT2D eigenvalue weighted by Crippen LogP contribution is 2.24. The van der Waals surface area contributed by atoms with Crippen molar-refractivity contribution >= 4 is 11.8 Å². The van der Waals surface area contributed by atoms with Crippen molar-refractivity contribution in [2.45, 2.75) is 6.61 Å². The van der Waals surface area contributed by atoms with Gasteiger partial charge in [-0.25, -0.2) is 8.78 Å². The van der Waals surface area contributed by atoms with Crippen LogP contribution in [0.3, 0.4) is 0 Å². The standard InChI is InChI=1S/C19H16F4N2O3/c20-13-3-1-12(2-4-13)17(26)24-7-9-25(10-8-24)18(27)15-6-5-14(21)11-16(15)28-19(22)23/h1-6,11,19H,7-10H2. The minimum Gasteiger partial charge on any atom is -0.434 e. The summed E-state index contributed by atoms with van der Waals surface area (Å²) in [5.41, 5.74) is 0.146. The number of hydrogen-bond donors (Lipinski definition) is 0. The molecule has 5 nitrogen and oxygen atoms in total. The number of piperazine rings is 1. The van der Waals surface area contributed by atoms with Gasteiger partial charge in [0.05, 0.1) is 5.56 Å². The number of ether oxygens (including phenoxy) is 1. The minimum absolute atomic E-state index is 0.164. The van der Waals surface area contributed by atoms with E-state index >= 15 is 0 Å². The maximum Gasteiger partial charge on any atom is 0.387 e. The first-order valence-electron chi connectivity index (χ1n) is 8.43. The van der Waals surface area contributed by atoms with Crippen LogP contribution in [0.25, 0.3) is 0 Å². The van der Waals surface area contributed by atoms with E-state index in [1.54, 1.807) is 0 Å². The number of benzene rings is 2. The van der Waals surface area contributed by atoms with Crippen LogP contribution in [0.5, 0.6) is 5.75 Å². The lowest BCUT2D eigenvalue weighted by Crippen LogP contribution is -2.50. The molecule has 0 aromatic heterocycles. The monoisotopic (exact) mass is 396 g/mol. The number of halogens is 4. The molecule has 0 saturated carbocycles. The van der Waals surface area contributed by atoms with Crippen molar-refractivity contribution in [1.29, 1.82) is 0 Å². The van der Waals surface area contributed by atoms with Crippen LogP contribution in [0.2, 0.25) is 0 Å². The molecule has 0 aliphatic carbocycles. The molecular formula is C19H16F4N2O3. The zero-order chi connectivity index (χ0) is 20.3. The molecule has 0 spiro atoms. The summed E-state index contributed by atoms with van der Waals surface area (Å²) in [7, 11) is 0. The first-order valence-corrected chi connectivity index (χ1v) is 8.43. The van der Waals surface area contributed by atoms with Crippen LogP contribution >= 0.6 is 0 Å². The van der Waals surface area contributed by atoms with Crippen molar-refractivity contribution in [3.8, 4) is 5.75 Å². The van der Waals surface area contributed by atoms with Gasteiger partial charge in [-0.2, -0.15) is 8.78 Å². The highest BCUT2D eigenvalue weighted by Gasteiger charge is 2.27. The summed E-state index contributed by atoms with van der Waals surface area (Å²) in [6.45, 7) is -2.44. The Morgan fingerprint density at radius 1 is 0.821 bits per heavy atom. The van der Waals surface area contributed by atoms with Crippen molar-refractivity contribution in [3.05, 3.63) is 65.2 Å². The van der Waals surface area contributed by atoms with E-state index in [1.165, 1.54) is 34.1 Å². The lowest BCUT2D eigenvalue weighted by molar-refractivity contribution is -0.0504. The molecule has 2 aromatic rings. The van der Waals surface area contributed by atoms with Gasteiger partial charge in [-0.3, -0.25) is 9.59 Å². The summed E-state index contributed by atoms with van der Waals surface area (Å²) in [5.74, 6) is -2.68. The maximum atomic E-state index is 13.3. The zero-order valence-electron chi connectivity index (χ0n) is 14.6. The number of carbonyl (C=O) groups excluding carboxylic acids is 2. The lowest BCUT2D eigenvalue weighted by atomic mass is 10.1. The third-order valence-corrected chi connectivity index (χ3v) is 4.34. The Kier molecular flexibility index (Phi) is 5.81. The predicted octanol–water partition coefficient (Wildman–Crippen LogP) is 3.16. The second-order valence-corrected chi connectivity index (χ2v) is 6.11. The molecule has 1 saturated heterocycles. The van der Waals surface area contributed by atoms with Gasteiger partial charge in [0, 0.05) is 37.8 Å². The fraction of sp³-hybridized carbons (Fsp3) is 0.263. The molecule has 1 aliphatic rings. The molecule has 0 atom stereocenters. The van der Waals surface area contributed by atoms with Crippen LogP contribution in [0.15, 0.2) is 42.5 Å². The number of hydrogen-bond acceptors (Lipinski definition) is 3. The van der Waals surface area contributed by atoms with Crippen molar-refractivity contribution in [2.75, 3.05) is 26.2 Å². The van der Waals surface area contributed by atoms with E-state index in [2.05, 4.69) is 4.74 Å². The van der Waals surface area contributed by atoms with E-state index in [0.717, 1.165) is 18.2 Å². The molecule has 9 heteroatoms. The van der Waals surface area contributed by atoms with Crippen molar-refractivity contribution < 1.29 is 31.9 Å². The van der Waals surface area contributed by atoms with Gasteiger partial charge in [0.25, 0.3) is 11.8 Å². The van der Waals surface area contributed by atoms with Crippen molar-refractivity contribution in [3.63, 3.8) is 0 Å². The quantitative estimate of drug-likeness (QED) is 0.746. The summed E-state index contributed by atoms with van der Waals surface area (Å²) >= 11 is 0. The van der Waals surface area contributed by atoms with E-state index in [0.29, 0.717) is 5.56 Å². The highest BCUT2D eigenvalue weighted by atomic mass is 19.3. The van der Waals surface area contributed by atoms with Gasteiger partial charge in [0.1, 0.15) is 17.4 Å². The Labute approximate surface area is 158 Å². The molecule has 1 heterocycles. The summed E-state index contributed by atoms with van der Waals surface area (Å²) in [6.07, 6.45) is 0. The van der Waals surface area contributed by atoms with Crippen LogP contribution in [-0.2, 0) is 0 Å². The van der Waals surface area contributed by atoms with Gasteiger partial charge in [0.15, 0.2) is 0 Å². The fourth-order valence-corrected chi connectivity index (χ4v) is 2.92. The van der Waals surface area contributed by atoms with Crippen LogP contribution in [0.1, 0.15) is 20.7 Å². The molecule has 3 rings (SSSR count). The molecule has 0 N–H and O–H groups in total. The van der Waals surface area contributed by atoms with E-state index in [-0.39, 0.29) is 37.6 Å². The van der Waals surface area contributed by atoms with Gasteiger partial charge < -0.3 is 14.5 Å². The molecule has 0 radical (unpaired) electrons. The van der Waals surface area contributed by atoms with Gasteiger partial charge in [-0.05, 0) is 36.4 Å². The Morgan fingerprint density at radius 3 is 1.93 bits per heavy atom. The number of nitrogens with zero attached hydrogens (tertiary/aromatic N) is 2. The van der Waals surface area contributed by atoms with Gasteiger partial charge in [-0.1, -0.05) is 0 Å². The summed E-state index contributed by atoms with van der Waals surface area (Å²) in [5, 5.41) is 0. The number of amides is 2. The summed E-state index contributed by atoms with van der Waals surface area (Å²) in [4.78, 5) is 27.9. The smallest absolute Gasteiger partial charge is 0.387 e. The number of rotatable bonds is 4.